The molecule has 0 saturated heterocycles. The summed E-state index contributed by atoms with van der Waals surface area (Å²) in [6.07, 6.45) is 1.10. The SMILES string of the molecule is CC(C)CC(=O)NCCc1ccc(S(=O)(=O)NC(=O)c2ccc(OC(=O)OCc3ccccc3)nc2)cc1. The quantitative estimate of drug-likeness (QED) is 0.352. The average molecular weight is 540 g/mol. The summed E-state index contributed by atoms with van der Waals surface area (Å²) < 4.78 is 37.2. The Balaban J connectivity index is 1.49. The van der Waals surface area contributed by atoms with Gasteiger partial charge in [0.25, 0.3) is 15.9 Å². The van der Waals surface area contributed by atoms with Crippen molar-refractivity contribution < 1.29 is 32.3 Å². The molecule has 0 aliphatic carbocycles. The molecule has 2 aromatic carbocycles. The molecule has 0 saturated carbocycles. The number of hydrogen-bond donors (Lipinski definition) is 2. The van der Waals surface area contributed by atoms with Gasteiger partial charge in [-0.25, -0.2) is 22.9 Å². The maximum absolute atomic E-state index is 12.6. The summed E-state index contributed by atoms with van der Waals surface area (Å²) in [7, 11) is -4.14. The fraction of sp³-hybridized carbons (Fsp3) is 0.259. The highest BCUT2D eigenvalue weighted by atomic mass is 32.2. The van der Waals surface area contributed by atoms with E-state index in [1.54, 1.807) is 24.3 Å². The second-order valence-electron chi connectivity index (χ2n) is 8.79. The van der Waals surface area contributed by atoms with Gasteiger partial charge in [0.15, 0.2) is 0 Å². The van der Waals surface area contributed by atoms with Crippen molar-refractivity contribution in [2.24, 2.45) is 5.92 Å². The van der Waals surface area contributed by atoms with Gasteiger partial charge in [-0.3, -0.25) is 9.59 Å². The lowest BCUT2D eigenvalue weighted by Gasteiger charge is -2.09. The number of aromatic nitrogens is 1. The Morgan fingerprint density at radius 3 is 2.26 bits per heavy atom. The highest BCUT2D eigenvalue weighted by Crippen LogP contribution is 2.14. The van der Waals surface area contributed by atoms with Crippen LogP contribution < -0.4 is 14.8 Å². The predicted molar refractivity (Wildman–Crippen MR) is 139 cm³/mol. The van der Waals surface area contributed by atoms with Crippen molar-refractivity contribution in [3.05, 3.63) is 89.6 Å². The number of hydrogen-bond acceptors (Lipinski definition) is 8. The molecule has 0 aliphatic heterocycles. The molecule has 2 amide bonds. The van der Waals surface area contributed by atoms with Crippen molar-refractivity contribution in [3.63, 3.8) is 0 Å². The summed E-state index contributed by atoms with van der Waals surface area (Å²) in [5.41, 5.74) is 1.57. The minimum Gasteiger partial charge on any atom is -0.429 e. The predicted octanol–water partition coefficient (Wildman–Crippen LogP) is 3.62. The number of rotatable bonds is 11. The van der Waals surface area contributed by atoms with Gasteiger partial charge in [-0.1, -0.05) is 56.3 Å². The third-order valence-corrected chi connectivity index (χ3v) is 6.52. The number of ether oxygens (including phenoxy) is 2. The topological polar surface area (TPSA) is 141 Å². The van der Waals surface area contributed by atoms with Crippen LogP contribution in [0.1, 0.15) is 41.8 Å². The summed E-state index contributed by atoms with van der Waals surface area (Å²) in [5.74, 6) is -0.768. The van der Waals surface area contributed by atoms with Gasteiger partial charge in [0, 0.05) is 25.2 Å². The first-order valence-corrected chi connectivity index (χ1v) is 13.4. The molecule has 0 fully saturated rings. The number of sulfonamides is 1. The van der Waals surface area contributed by atoms with Crippen LogP contribution in [-0.4, -0.2) is 37.9 Å². The van der Waals surface area contributed by atoms with Gasteiger partial charge in [0.2, 0.25) is 11.8 Å². The van der Waals surface area contributed by atoms with Gasteiger partial charge in [0.1, 0.15) is 6.61 Å². The van der Waals surface area contributed by atoms with Crippen LogP contribution in [0.2, 0.25) is 0 Å². The number of benzene rings is 2. The number of nitrogens with zero attached hydrogens (tertiary/aromatic N) is 1. The molecule has 0 radical (unpaired) electrons. The van der Waals surface area contributed by atoms with Crippen LogP contribution in [0.3, 0.4) is 0 Å². The second-order valence-corrected chi connectivity index (χ2v) is 10.5. The summed E-state index contributed by atoms with van der Waals surface area (Å²) in [6, 6.07) is 17.6. The van der Waals surface area contributed by atoms with E-state index >= 15 is 0 Å². The second kappa shape index (κ2) is 13.3. The molecule has 0 atom stereocenters. The lowest BCUT2D eigenvalue weighted by molar-refractivity contribution is -0.121. The molecule has 2 N–H and O–H groups in total. The van der Waals surface area contributed by atoms with Crippen molar-refractivity contribution in [2.75, 3.05) is 6.54 Å². The van der Waals surface area contributed by atoms with Crippen molar-refractivity contribution >= 4 is 28.0 Å². The number of carbonyl (C=O) groups is 3. The fourth-order valence-corrected chi connectivity index (χ4v) is 4.24. The number of nitrogens with one attached hydrogen (secondary N) is 2. The third kappa shape index (κ3) is 9.00. The van der Waals surface area contributed by atoms with Crippen molar-refractivity contribution in [2.45, 2.75) is 38.2 Å². The van der Waals surface area contributed by atoms with Gasteiger partial charge in [-0.05, 0) is 41.7 Å². The zero-order chi connectivity index (χ0) is 27.5. The monoisotopic (exact) mass is 539 g/mol. The molecular weight excluding hydrogens is 510 g/mol. The Hall–Kier alpha value is -4.25. The molecule has 38 heavy (non-hydrogen) atoms. The molecule has 10 nitrogen and oxygen atoms in total. The van der Waals surface area contributed by atoms with E-state index in [0.717, 1.165) is 17.3 Å². The Morgan fingerprint density at radius 2 is 1.63 bits per heavy atom. The van der Waals surface area contributed by atoms with Crippen LogP contribution in [0.4, 0.5) is 4.79 Å². The Labute approximate surface area is 221 Å². The first-order chi connectivity index (χ1) is 18.1. The highest BCUT2D eigenvalue weighted by molar-refractivity contribution is 7.90. The molecule has 3 aromatic rings. The molecular formula is C27H29N3O7S. The first kappa shape index (κ1) is 28.3. The molecule has 200 valence electrons. The third-order valence-electron chi connectivity index (χ3n) is 5.18. The van der Waals surface area contributed by atoms with Gasteiger partial charge in [0.05, 0.1) is 10.5 Å². The van der Waals surface area contributed by atoms with Gasteiger partial charge < -0.3 is 14.8 Å². The van der Waals surface area contributed by atoms with E-state index in [9.17, 15) is 22.8 Å². The van der Waals surface area contributed by atoms with Crippen molar-refractivity contribution in [1.82, 2.24) is 15.0 Å². The van der Waals surface area contributed by atoms with Gasteiger partial charge >= 0.3 is 6.16 Å². The van der Waals surface area contributed by atoms with E-state index in [1.807, 2.05) is 36.8 Å². The summed E-state index contributed by atoms with van der Waals surface area (Å²) in [6.45, 7) is 4.38. The van der Waals surface area contributed by atoms with E-state index in [1.165, 1.54) is 24.3 Å². The van der Waals surface area contributed by atoms with Crippen LogP contribution in [0, 0.1) is 5.92 Å². The fourth-order valence-electron chi connectivity index (χ4n) is 3.27. The maximum Gasteiger partial charge on any atom is 0.515 e. The molecule has 1 aromatic heterocycles. The molecule has 0 aliphatic rings. The van der Waals surface area contributed by atoms with Crippen LogP contribution in [0.15, 0.2) is 77.8 Å². The number of pyridine rings is 1. The average Bonchev–Trinajstić information content (AvgIpc) is 2.88. The summed E-state index contributed by atoms with van der Waals surface area (Å²) in [4.78, 5) is 39.8. The molecule has 0 unspecified atom stereocenters. The van der Waals surface area contributed by atoms with E-state index < -0.39 is 22.1 Å². The van der Waals surface area contributed by atoms with E-state index in [-0.39, 0.29) is 34.8 Å². The summed E-state index contributed by atoms with van der Waals surface area (Å²) >= 11 is 0. The minimum atomic E-state index is -4.14. The smallest absolute Gasteiger partial charge is 0.429 e. The van der Waals surface area contributed by atoms with Crippen LogP contribution >= 0.6 is 0 Å². The standard InChI is InChI=1S/C27H29N3O7S/c1-19(2)16-24(31)28-15-14-20-8-11-23(12-9-20)38(34,35)30-26(32)22-10-13-25(29-17-22)37-27(33)36-18-21-6-4-3-5-7-21/h3-13,17,19H,14-16,18H2,1-2H3,(H,28,31)(H,30,32). The number of carbonyl (C=O) groups excluding carboxylic acids is 3. The zero-order valence-corrected chi connectivity index (χ0v) is 21.9. The summed E-state index contributed by atoms with van der Waals surface area (Å²) in [5, 5.41) is 2.82. The van der Waals surface area contributed by atoms with E-state index in [2.05, 4.69) is 10.3 Å². The molecule has 0 bridgehead atoms. The van der Waals surface area contributed by atoms with Gasteiger partial charge in [-0.2, -0.15) is 0 Å². The normalized spacial score (nSPS) is 11.0. The van der Waals surface area contributed by atoms with Crippen LogP contribution in [0.5, 0.6) is 5.88 Å². The van der Waals surface area contributed by atoms with Crippen LogP contribution in [-0.2, 0) is 32.6 Å². The maximum atomic E-state index is 12.6. The van der Waals surface area contributed by atoms with Crippen LogP contribution in [0.25, 0.3) is 0 Å². The Kier molecular flexibility index (Phi) is 9.94. The molecule has 3 rings (SSSR count). The minimum absolute atomic E-state index is 0.0217. The van der Waals surface area contributed by atoms with Crippen molar-refractivity contribution in [3.8, 4) is 5.88 Å². The lowest BCUT2D eigenvalue weighted by atomic mass is 10.1. The lowest BCUT2D eigenvalue weighted by Crippen LogP contribution is -2.30. The highest BCUT2D eigenvalue weighted by Gasteiger charge is 2.19. The van der Waals surface area contributed by atoms with E-state index in [0.29, 0.717) is 19.4 Å². The molecule has 0 spiro atoms. The van der Waals surface area contributed by atoms with Gasteiger partial charge in [-0.15, -0.1) is 0 Å². The van der Waals surface area contributed by atoms with Crippen molar-refractivity contribution in [1.29, 1.82) is 0 Å². The van der Waals surface area contributed by atoms with E-state index in [4.69, 9.17) is 9.47 Å². The Bertz CT molecular complexity index is 1340. The molecule has 1 heterocycles. The molecule has 11 heteroatoms. The zero-order valence-electron chi connectivity index (χ0n) is 21.0. The Morgan fingerprint density at radius 1 is 0.921 bits per heavy atom. The first-order valence-electron chi connectivity index (χ1n) is 11.9. The largest absolute Gasteiger partial charge is 0.515 e. The number of amides is 2.